The Morgan fingerprint density at radius 1 is 1.03 bits per heavy atom. The molecule has 2 aliphatic heterocycles. The summed E-state index contributed by atoms with van der Waals surface area (Å²) in [4.78, 5) is 2.36. The van der Waals surface area contributed by atoms with E-state index >= 15 is 0 Å². The van der Waals surface area contributed by atoms with Gasteiger partial charge in [0.25, 0.3) is 0 Å². The largest absolute Gasteiger partial charge is 0.457 e. The van der Waals surface area contributed by atoms with Crippen LogP contribution in [0.2, 0.25) is 0 Å². The molecule has 0 saturated carbocycles. The third-order valence-corrected chi connectivity index (χ3v) is 8.31. The van der Waals surface area contributed by atoms with Gasteiger partial charge in [-0.1, -0.05) is 36.4 Å². The number of anilines is 1. The van der Waals surface area contributed by atoms with Crippen molar-refractivity contribution in [3.05, 3.63) is 90.2 Å². The molecule has 1 spiro atoms. The summed E-state index contributed by atoms with van der Waals surface area (Å²) in [5.74, 6) is 1.13. The van der Waals surface area contributed by atoms with Crippen LogP contribution >= 0.6 is 0 Å². The zero-order chi connectivity index (χ0) is 23.8. The molecule has 1 N–H and O–H groups in total. The molecule has 2 fully saturated rings. The highest BCUT2D eigenvalue weighted by Gasteiger charge is 2.52. The maximum Gasteiger partial charge on any atom is 0.302 e. The quantitative estimate of drug-likeness (QED) is 0.574. The zero-order valence-electron chi connectivity index (χ0n) is 19.0. The molecule has 0 bridgehead atoms. The van der Waals surface area contributed by atoms with Crippen LogP contribution in [0.15, 0.2) is 78.9 Å². The Morgan fingerprint density at radius 2 is 1.79 bits per heavy atom. The molecule has 0 aliphatic carbocycles. The van der Waals surface area contributed by atoms with E-state index < -0.39 is 21.6 Å². The normalized spacial score (nSPS) is 24.4. The van der Waals surface area contributed by atoms with Crippen LogP contribution in [0, 0.1) is 5.82 Å². The Balaban J connectivity index is 1.32. The van der Waals surface area contributed by atoms with Gasteiger partial charge < -0.3 is 4.74 Å². The topological polar surface area (TPSA) is 61.9 Å². The molecule has 2 atom stereocenters. The predicted octanol–water partition coefficient (Wildman–Crippen LogP) is 4.70. The first-order valence-electron chi connectivity index (χ1n) is 11.5. The average Bonchev–Trinajstić information content (AvgIpc) is 3.06. The van der Waals surface area contributed by atoms with Gasteiger partial charge in [-0.15, -0.1) is 0 Å². The highest BCUT2D eigenvalue weighted by molar-refractivity contribution is 7.91. The summed E-state index contributed by atoms with van der Waals surface area (Å²) < 4.78 is 49.7. The number of nitrogens with zero attached hydrogens (tertiary/aromatic N) is 2. The second-order valence-electron chi connectivity index (χ2n) is 9.13. The molecule has 178 valence electrons. The minimum Gasteiger partial charge on any atom is -0.457 e. The van der Waals surface area contributed by atoms with Gasteiger partial charge in [-0.2, -0.15) is 13.1 Å². The first-order valence-corrected chi connectivity index (χ1v) is 12.9. The van der Waals surface area contributed by atoms with E-state index in [0.717, 1.165) is 30.2 Å². The Hall–Kier alpha value is -2.94. The predicted molar refractivity (Wildman–Crippen MR) is 131 cm³/mol. The molecule has 3 aromatic rings. The van der Waals surface area contributed by atoms with Crippen molar-refractivity contribution in [3.63, 3.8) is 0 Å². The molecule has 2 heterocycles. The lowest BCUT2D eigenvalue weighted by Crippen LogP contribution is -2.57. The fourth-order valence-corrected chi connectivity index (χ4v) is 6.84. The second-order valence-corrected chi connectivity index (χ2v) is 10.7. The molecule has 0 aromatic heterocycles. The molecule has 0 unspecified atom stereocenters. The highest BCUT2D eigenvalue weighted by atomic mass is 32.2. The second kappa shape index (κ2) is 9.02. The van der Waals surface area contributed by atoms with Crippen LogP contribution in [0.3, 0.4) is 0 Å². The monoisotopic (exact) mass is 481 g/mol. The fraction of sp³-hybridized carbons (Fsp3) is 0.308. The number of nitrogens with one attached hydrogen (secondary N) is 1. The molecular formula is C26H28FN3O3S. The number of para-hydroxylation sites is 1. The number of benzene rings is 3. The number of piperidine rings is 1. The Bertz CT molecular complexity index is 1270. The van der Waals surface area contributed by atoms with Crippen molar-refractivity contribution in [3.8, 4) is 11.5 Å². The molecule has 5 rings (SSSR count). The van der Waals surface area contributed by atoms with Gasteiger partial charge in [0, 0.05) is 25.7 Å². The molecule has 2 saturated heterocycles. The van der Waals surface area contributed by atoms with Crippen molar-refractivity contribution in [2.75, 3.05) is 17.4 Å². The van der Waals surface area contributed by atoms with Crippen LogP contribution in [0.5, 0.6) is 11.5 Å². The maximum atomic E-state index is 13.9. The number of hydrogen-bond donors (Lipinski definition) is 1. The van der Waals surface area contributed by atoms with Crippen molar-refractivity contribution in [1.82, 2.24) is 9.62 Å². The summed E-state index contributed by atoms with van der Waals surface area (Å²) in [6.07, 6.45) is 1.30. The minimum atomic E-state index is -3.72. The molecule has 34 heavy (non-hydrogen) atoms. The van der Waals surface area contributed by atoms with Gasteiger partial charge in [0.15, 0.2) is 0 Å². The summed E-state index contributed by atoms with van der Waals surface area (Å²) in [6.45, 7) is 3.92. The summed E-state index contributed by atoms with van der Waals surface area (Å²) >= 11 is 0. The van der Waals surface area contributed by atoms with Crippen LogP contribution in [0.1, 0.15) is 25.3 Å². The summed E-state index contributed by atoms with van der Waals surface area (Å²) in [5, 5.41) is 0. The summed E-state index contributed by atoms with van der Waals surface area (Å²) in [5.41, 5.74) is 0.896. The smallest absolute Gasteiger partial charge is 0.302 e. The van der Waals surface area contributed by atoms with E-state index in [9.17, 15) is 12.8 Å². The van der Waals surface area contributed by atoms with E-state index in [1.54, 1.807) is 12.1 Å². The third-order valence-electron chi connectivity index (χ3n) is 6.72. The van der Waals surface area contributed by atoms with Crippen LogP contribution in [0.25, 0.3) is 0 Å². The van der Waals surface area contributed by atoms with Gasteiger partial charge in [-0.3, -0.25) is 9.21 Å². The molecule has 0 amide bonds. The SMILES string of the molecule is C[C@H]1C[C@]2(CCN1Cc1cccc(Oc3ccccc3)c1)CNS(=O)(=O)N2c1cccc(F)c1. The Morgan fingerprint density at radius 3 is 2.56 bits per heavy atom. The van der Waals surface area contributed by atoms with Crippen molar-refractivity contribution < 1.29 is 17.5 Å². The zero-order valence-corrected chi connectivity index (χ0v) is 19.8. The van der Waals surface area contributed by atoms with Crippen molar-refractivity contribution in [2.45, 2.75) is 37.9 Å². The van der Waals surface area contributed by atoms with Gasteiger partial charge in [-0.05, 0) is 67.8 Å². The fourth-order valence-electron chi connectivity index (χ4n) is 5.13. The average molecular weight is 482 g/mol. The lowest BCUT2D eigenvalue weighted by Gasteiger charge is -2.47. The standard InChI is InChI=1S/C26H28FN3O3S/c1-20-17-26(19-28-34(31,32)30(26)23-9-6-8-22(27)16-23)13-14-29(20)18-21-7-5-12-25(15-21)33-24-10-3-2-4-11-24/h2-12,15-16,20,28H,13-14,17-19H2,1H3/t20-,26+/m0/s1. The van der Waals surface area contributed by atoms with Crippen LogP contribution in [0.4, 0.5) is 10.1 Å². The number of hydrogen-bond acceptors (Lipinski definition) is 4. The van der Waals surface area contributed by atoms with E-state index in [2.05, 4.69) is 22.6 Å². The first-order chi connectivity index (χ1) is 16.3. The lowest BCUT2D eigenvalue weighted by atomic mass is 9.83. The molecule has 0 radical (unpaired) electrons. The molecular weight excluding hydrogens is 453 g/mol. The van der Waals surface area contributed by atoms with E-state index in [-0.39, 0.29) is 6.04 Å². The van der Waals surface area contributed by atoms with Crippen LogP contribution in [-0.2, 0) is 16.8 Å². The lowest BCUT2D eigenvalue weighted by molar-refractivity contribution is 0.106. The van der Waals surface area contributed by atoms with Crippen molar-refractivity contribution >= 4 is 15.9 Å². The molecule has 2 aliphatic rings. The van der Waals surface area contributed by atoms with E-state index in [4.69, 9.17) is 4.74 Å². The molecule has 6 nitrogen and oxygen atoms in total. The summed E-state index contributed by atoms with van der Waals surface area (Å²) in [6, 6.07) is 23.7. The van der Waals surface area contributed by atoms with E-state index in [1.807, 2.05) is 48.5 Å². The van der Waals surface area contributed by atoms with Crippen molar-refractivity contribution in [1.29, 1.82) is 0 Å². The first kappa shape index (κ1) is 22.8. The summed E-state index contributed by atoms with van der Waals surface area (Å²) in [7, 11) is -3.72. The van der Waals surface area contributed by atoms with Gasteiger partial charge in [0.05, 0.1) is 11.2 Å². The Kier molecular flexibility index (Phi) is 6.06. The molecule has 8 heteroatoms. The molecule has 3 aromatic carbocycles. The highest BCUT2D eigenvalue weighted by Crippen LogP contribution is 2.41. The van der Waals surface area contributed by atoms with Gasteiger partial charge in [0.2, 0.25) is 0 Å². The number of ether oxygens (including phenoxy) is 1. The number of halogens is 1. The number of rotatable bonds is 5. The van der Waals surface area contributed by atoms with Gasteiger partial charge in [-0.25, -0.2) is 4.39 Å². The third kappa shape index (κ3) is 4.53. The van der Waals surface area contributed by atoms with E-state index in [0.29, 0.717) is 25.1 Å². The Labute approximate surface area is 200 Å². The van der Waals surface area contributed by atoms with Crippen molar-refractivity contribution in [2.24, 2.45) is 0 Å². The van der Waals surface area contributed by atoms with E-state index in [1.165, 1.54) is 16.4 Å². The van der Waals surface area contributed by atoms with Crippen LogP contribution < -0.4 is 13.8 Å². The van der Waals surface area contributed by atoms with Gasteiger partial charge in [0.1, 0.15) is 17.3 Å². The van der Waals surface area contributed by atoms with Crippen LogP contribution in [-0.4, -0.2) is 38.0 Å². The number of likely N-dealkylation sites (tertiary alicyclic amines) is 1. The maximum absolute atomic E-state index is 13.9. The minimum absolute atomic E-state index is 0.138. The van der Waals surface area contributed by atoms with Gasteiger partial charge >= 0.3 is 10.2 Å².